The largest absolute Gasteiger partial charge is 0.326 e. The van der Waals surface area contributed by atoms with Crippen molar-refractivity contribution < 1.29 is 14.4 Å². The van der Waals surface area contributed by atoms with Crippen LogP contribution in [-0.2, 0) is 4.79 Å². The second-order valence-corrected chi connectivity index (χ2v) is 6.61. The van der Waals surface area contributed by atoms with Crippen molar-refractivity contribution in [2.45, 2.75) is 13.8 Å². The molecule has 3 N–H and O–H groups in total. The standard InChI is InChI=1S/C23H21N3O3/c1-15-6-8-17(9-7-15)22(28)25-19-12-10-18(11-13-19)23(29)26-21-5-3-4-20(14-21)24-16(2)27/h3-14H,1-2H3,(H,24,27)(H,25,28)(H,26,29). The van der Waals surface area contributed by atoms with Crippen LogP contribution in [0.15, 0.2) is 72.8 Å². The molecule has 0 aromatic heterocycles. The Morgan fingerprint density at radius 3 is 1.66 bits per heavy atom. The first kappa shape index (κ1) is 19.8. The van der Waals surface area contributed by atoms with E-state index in [1.165, 1.54) is 6.92 Å². The van der Waals surface area contributed by atoms with Crippen LogP contribution in [0.4, 0.5) is 17.1 Å². The van der Waals surface area contributed by atoms with Gasteiger partial charge in [0.2, 0.25) is 5.91 Å². The van der Waals surface area contributed by atoms with E-state index in [0.29, 0.717) is 28.2 Å². The van der Waals surface area contributed by atoms with Gasteiger partial charge in [0.25, 0.3) is 11.8 Å². The molecular formula is C23H21N3O3. The molecule has 0 fully saturated rings. The lowest BCUT2D eigenvalue weighted by Crippen LogP contribution is -2.14. The molecule has 3 aromatic carbocycles. The number of hydrogen-bond donors (Lipinski definition) is 3. The number of carbonyl (C=O) groups excluding carboxylic acids is 3. The third-order valence-corrected chi connectivity index (χ3v) is 4.16. The molecule has 29 heavy (non-hydrogen) atoms. The molecule has 0 aliphatic heterocycles. The van der Waals surface area contributed by atoms with Crippen molar-refractivity contribution in [3.8, 4) is 0 Å². The summed E-state index contributed by atoms with van der Waals surface area (Å²) in [5, 5.41) is 8.26. The third-order valence-electron chi connectivity index (χ3n) is 4.16. The average Bonchev–Trinajstić information content (AvgIpc) is 2.68. The number of benzene rings is 3. The van der Waals surface area contributed by atoms with Gasteiger partial charge in [-0.2, -0.15) is 0 Å². The third kappa shape index (κ3) is 5.52. The fourth-order valence-corrected chi connectivity index (χ4v) is 2.69. The maximum absolute atomic E-state index is 12.4. The van der Waals surface area contributed by atoms with Gasteiger partial charge in [-0.05, 0) is 61.5 Å². The predicted octanol–water partition coefficient (Wildman–Crippen LogP) is 4.46. The second kappa shape index (κ2) is 8.84. The molecular weight excluding hydrogens is 366 g/mol. The molecule has 3 aromatic rings. The van der Waals surface area contributed by atoms with Crippen LogP contribution < -0.4 is 16.0 Å². The van der Waals surface area contributed by atoms with Crippen molar-refractivity contribution in [2.75, 3.05) is 16.0 Å². The number of amides is 3. The first-order chi connectivity index (χ1) is 13.9. The second-order valence-electron chi connectivity index (χ2n) is 6.61. The monoisotopic (exact) mass is 387 g/mol. The summed E-state index contributed by atoms with van der Waals surface area (Å²) in [5.74, 6) is -0.685. The Labute approximate surface area is 169 Å². The molecule has 146 valence electrons. The van der Waals surface area contributed by atoms with E-state index in [0.717, 1.165) is 5.56 Å². The smallest absolute Gasteiger partial charge is 0.255 e. The van der Waals surface area contributed by atoms with Gasteiger partial charge >= 0.3 is 0 Å². The lowest BCUT2D eigenvalue weighted by atomic mass is 10.1. The van der Waals surface area contributed by atoms with Crippen LogP contribution in [-0.4, -0.2) is 17.7 Å². The highest BCUT2D eigenvalue weighted by Crippen LogP contribution is 2.17. The zero-order chi connectivity index (χ0) is 20.8. The van der Waals surface area contributed by atoms with Crippen LogP contribution >= 0.6 is 0 Å². The summed E-state index contributed by atoms with van der Waals surface area (Å²) in [6.45, 7) is 3.38. The predicted molar refractivity (Wildman–Crippen MR) is 114 cm³/mol. The Balaban J connectivity index is 1.63. The molecule has 3 amide bonds. The maximum atomic E-state index is 12.4. The van der Waals surface area contributed by atoms with Gasteiger partial charge in [-0.25, -0.2) is 0 Å². The van der Waals surface area contributed by atoms with Gasteiger partial charge in [0.15, 0.2) is 0 Å². The minimum absolute atomic E-state index is 0.184. The summed E-state index contributed by atoms with van der Waals surface area (Å²) in [7, 11) is 0. The van der Waals surface area contributed by atoms with Crippen molar-refractivity contribution in [1.82, 2.24) is 0 Å². The summed E-state index contributed by atoms with van der Waals surface area (Å²) < 4.78 is 0. The van der Waals surface area contributed by atoms with Crippen LogP contribution in [0.25, 0.3) is 0 Å². The van der Waals surface area contributed by atoms with Crippen molar-refractivity contribution in [3.05, 3.63) is 89.5 Å². The van der Waals surface area contributed by atoms with Crippen LogP contribution in [0, 0.1) is 6.92 Å². The average molecular weight is 387 g/mol. The first-order valence-electron chi connectivity index (χ1n) is 9.08. The molecule has 0 saturated heterocycles. The van der Waals surface area contributed by atoms with Crippen molar-refractivity contribution in [3.63, 3.8) is 0 Å². The first-order valence-corrected chi connectivity index (χ1v) is 9.08. The van der Waals surface area contributed by atoms with Gasteiger partial charge in [-0.3, -0.25) is 14.4 Å². The van der Waals surface area contributed by atoms with E-state index in [4.69, 9.17) is 0 Å². The van der Waals surface area contributed by atoms with E-state index in [1.54, 1.807) is 60.7 Å². The number of nitrogens with one attached hydrogen (secondary N) is 3. The summed E-state index contributed by atoms with van der Waals surface area (Å²) in [5.41, 5.74) is 3.86. The lowest BCUT2D eigenvalue weighted by Gasteiger charge is -2.09. The van der Waals surface area contributed by atoms with Gasteiger partial charge in [-0.15, -0.1) is 0 Å². The fraction of sp³-hybridized carbons (Fsp3) is 0.0870. The Hall–Kier alpha value is -3.93. The van der Waals surface area contributed by atoms with E-state index in [-0.39, 0.29) is 17.7 Å². The summed E-state index contributed by atoms with van der Waals surface area (Å²) >= 11 is 0. The van der Waals surface area contributed by atoms with E-state index in [9.17, 15) is 14.4 Å². The van der Waals surface area contributed by atoms with Crippen LogP contribution in [0.5, 0.6) is 0 Å². The molecule has 0 spiro atoms. The van der Waals surface area contributed by atoms with Gasteiger partial charge in [0.1, 0.15) is 0 Å². The van der Waals surface area contributed by atoms with E-state index >= 15 is 0 Å². The van der Waals surface area contributed by atoms with Gasteiger partial charge in [0.05, 0.1) is 0 Å². The zero-order valence-electron chi connectivity index (χ0n) is 16.2. The topological polar surface area (TPSA) is 87.3 Å². The maximum Gasteiger partial charge on any atom is 0.255 e. The van der Waals surface area contributed by atoms with Crippen LogP contribution in [0.1, 0.15) is 33.2 Å². The minimum atomic E-state index is -0.290. The minimum Gasteiger partial charge on any atom is -0.326 e. The Kier molecular flexibility index (Phi) is 6.04. The van der Waals surface area contributed by atoms with Gasteiger partial charge < -0.3 is 16.0 Å². The van der Waals surface area contributed by atoms with Crippen LogP contribution in [0.2, 0.25) is 0 Å². The Bertz CT molecular complexity index is 1040. The van der Waals surface area contributed by atoms with E-state index in [1.807, 2.05) is 19.1 Å². The number of rotatable bonds is 5. The molecule has 0 bridgehead atoms. The summed E-state index contributed by atoms with van der Waals surface area (Å²) in [6.07, 6.45) is 0. The van der Waals surface area contributed by atoms with Gasteiger partial charge in [0, 0.05) is 35.1 Å². The normalized spacial score (nSPS) is 10.1. The van der Waals surface area contributed by atoms with E-state index in [2.05, 4.69) is 16.0 Å². The highest BCUT2D eigenvalue weighted by molar-refractivity contribution is 6.06. The molecule has 3 rings (SSSR count). The molecule has 0 aliphatic rings. The number of carbonyl (C=O) groups is 3. The summed E-state index contributed by atoms with van der Waals surface area (Å²) in [6, 6.07) is 20.8. The van der Waals surface area contributed by atoms with E-state index < -0.39 is 0 Å². The number of hydrogen-bond acceptors (Lipinski definition) is 3. The Morgan fingerprint density at radius 1 is 0.621 bits per heavy atom. The SMILES string of the molecule is CC(=O)Nc1cccc(NC(=O)c2ccc(NC(=O)c3ccc(C)cc3)cc2)c1. The molecule has 0 unspecified atom stereocenters. The molecule has 0 heterocycles. The highest BCUT2D eigenvalue weighted by atomic mass is 16.2. The lowest BCUT2D eigenvalue weighted by molar-refractivity contribution is -0.114. The fourth-order valence-electron chi connectivity index (χ4n) is 2.69. The van der Waals surface area contributed by atoms with Gasteiger partial charge in [-0.1, -0.05) is 23.8 Å². The molecule has 0 aliphatic carbocycles. The molecule has 0 saturated carbocycles. The Morgan fingerprint density at radius 2 is 1.10 bits per heavy atom. The van der Waals surface area contributed by atoms with Crippen molar-refractivity contribution >= 4 is 34.8 Å². The van der Waals surface area contributed by atoms with Crippen molar-refractivity contribution in [1.29, 1.82) is 0 Å². The molecule has 0 atom stereocenters. The number of aryl methyl sites for hydroxylation is 1. The highest BCUT2D eigenvalue weighted by Gasteiger charge is 2.09. The molecule has 6 nitrogen and oxygen atoms in total. The molecule has 6 heteroatoms. The molecule has 0 radical (unpaired) electrons. The van der Waals surface area contributed by atoms with Crippen molar-refractivity contribution in [2.24, 2.45) is 0 Å². The number of anilines is 3. The zero-order valence-corrected chi connectivity index (χ0v) is 16.2. The summed E-state index contributed by atoms with van der Waals surface area (Å²) in [4.78, 5) is 35.9. The quantitative estimate of drug-likeness (QED) is 0.604. The van der Waals surface area contributed by atoms with Crippen LogP contribution in [0.3, 0.4) is 0 Å².